The Morgan fingerprint density at radius 2 is 1.92 bits per heavy atom. The smallest absolute Gasteiger partial charge is 0.229 e. The highest BCUT2D eigenvalue weighted by Crippen LogP contribution is 2.37. The monoisotopic (exact) mass is 531 g/mol. The molecule has 1 aromatic carbocycles. The molecule has 0 unspecified atom stereocenters. The highest BCUT2D eigenvalue weighted by molar-refractivity contribution is 7.91. The molecule has 0 N–H and O–H groups in total. The lowest BCUT2D eigenvalue weighted by Gasteiger charge is -2.27. The van der Waals surface area contributed by atoms with E-state index < -0.39 is 9.84 Å². The SMILES string of the molecule is O=S1(=O)CCCN(Cc2cnc3oc4c(N5CCOCC5)nc(-c5cccc6c5C=CC6)nc4c3c2)CC1. The van der Waals surface area contributed by atoms with Gasteiger partial charge in [0.25, 0.3) is 0 Å². The van der Waals surface area contributed by atoms with Crippen molar-refractivity contribution in [2.75, 3.05) is 55.8 Å². The molecule has 196 valence electrons. The van der Waals surface area contributed by atoms with E-state index in [0.717, 1.165) is 53.9 Å². The first-order valence-corrected chi connectivity index (χ1v) is 15.0. The molecule has 4 aromatic rings. The molecule has 0 radical (unpaired) electrons. The van der Waals surface area contributed by atoms with Gasteiger partial charge in [0.1, 0.15) is 5.52 Å². The first-order valence-electron chi connectivity index (χ1n) is 13.2. The lowest BCUT2D eigenvalue weighted by atomic mass is 10.0. The van der Waals surface area contributed by atoms with Crippen LogP contribution in [-0.2, 0) is 27.5 Å². The van der Waals surface area contributed by atoms with E-state index >= 15 is 0 Å². The Morgan fingerprint density at radius 3 is 2.82 bits per heavy atom. The zero-order valence-corrected chi connectivity index (χ0v) is 21.9. The number of allylic oxidation sites excluding steroid dienone is 1. The molecule has 3 aliphatic rings. The minimum atomic E-state index is -2.96. The van der Waals surface area contributed by atoms with Crippen LogP contribution in [-0.4, -0.2) is 79.2 Å². The molecule has 0 spiro atoms. The van der Waals surface area contributed by atoms with Gasteiger partial charge in [0, 0.05) is 37.9 Å². The van der Waals surface area contributed by atoms with E-state index in [1.54, 1.807) is 0 Å². The summed E-state index contributed by atoms with van der Waals surface area (Å²) in [5, 5.41) is 0.848. The number of furan rings is 1. The number of fused-ring (bicyclic) bond motifs is 4. The van der Waals surface area contributed by atoms with Gasteiger partial charge in [0.05, 0.1) is 30.1 Å². The first-order chi connectivity index (χ1) is 18.5. The van der Waals surface area contributed by atoms with Crippen molar-refractivity contribution in [3.63, 3.8) is 0 Å². The van der Waals surface area contributed by atoms with E-state index in [9.17, 15) is 8.42 Å². The molecule has 5 heterocycles. The molecule has 1 aliphatic carbocycles. The average Bonchev–Trinajstić information content (AvgIpc) is 3.52. The fraction of sp³-hybridized carbons (Fsp3) is 0.393. The summed E-state index contributed by atoms with van der Waals surface area (Å²) < 4.78 is 36.0. The second kappa shape index (κ2) is 9.44. The summed E-state index contributed by atoms with van der Waals surface area (Å²) in [6.07, 6.45) is 7.72. The lowest BCUT2D eigenvalue weighted by molar-refractivity contribution is 0.122. The summed E-state index contributed by atoms with van der Waals surface area (Å²) in [4.78, 5) is 19.1. The fourth-order valence-electron chi connectivity index (χ4n) is 5.65. The molecule has 2 saturated heterocycles. The molecule has 10 heteroatoms. The Balaban J connectivity index is 1.34. The second-order valence-electron chi connectivity index (χ2n) is 10.2. The van der Waals surface area contributed by atoms with Gasteiger partial charge in [-0.25, -0.2) is 23.4 Å². The number of sulfone groups is 1. The number of benzene rings is 1. The number of hydrogen-bond donors (Lipinski definition) is 0. The van der Waals surface area contributed by atoms with Crippen molar-refractivity contribution in [3.8, 4) is 11.4 Å². The van der Waals surface area contributed by atoms with Crippen molar-refractivity contribution >= 4 is 43.9 Å². The van der Waals surface area contributed by atoms with Crippen LogP contribution in [0, 0.1) is 0 Å². The van der Waals surface area contributed by atoms with Gasteiger partial charge in [-0.2, -0.15) is 0 Å². The number of nitrogens with zero attached hydrogens (tertiary/aromatic N) is 5. The predicted octanol–water partition coefficient (Wildman–Crippen LogP) is 3.46. The molecule has 3 aromatic heterocycles. The Morgan fingerprint density at radius 1 is 1.03 bits per heavy atom. The number of pyridine rings is 1. The van der Waals surface area contributed by atoms with E-state index in [1.807, 2.05) is 6.20 Å². The third kappa shape index (κ3) is 4.36. The summed E-state index contributed by atoms with van der Waals surface area (Å²) in [6, 6.07) is 8.39. The maximum absolute atomic E-state index is 12.1. The third-order valence-corrected chi connectivity index (χ3v) is 9.35. The minimum absolute atomic E-state index is 0.201. The Kier molecular flexibility index (Phi) is 5.90. The van der Waals surface area contributed by atoms with Crippen LogP contribution < -0.4 is 4.90 Å². The van der Waals surface area contributed by atoms with Crippen molar-refractivity contribution in [3.05, 3.63) is 53.2 Å². The minimum Gasteiger partial charge on any atom is -0.432 e. The van der Waals surface area contributed by atoms with E-state index in [4.69, 9.17) is 19.1 Å². The summed E-state index contributed by atoms with van der Waals surface area (Å²) in [5.74, 6) is 1.90. The number of ether oxygens (including phenoxy) is 1. The van der Waals surface area contributed by atoms with E-state index in [1.165, 1.54) is 11.1 Å². The normalized spacial score (nSPS) is 19.7. The van der Waals surface area contributed by atoms with Crippen LogP contribution in [0.1, 0.15) is 23.1 Å². The Labute approximate surface area is 221 Å². The van der Waals surface area contributed by atoms with E-state index in [0.29, 0.717) is 49.8 Å². The highest BCUT2D eigenvalue weighted by atomic mass is 32.2. The Bertz CT molecular complexity index is 1670. The molecule has 2 fully saturated rings. The maximum atomic E-state index is 12.1. The van der Waals surface area contributed by atoms with Crippen LogP contribution in [0.3, 0.4) is 0 Å². The summed E-state index contributed by atoms with van der Waals surface area (Å²) in [5.41, 5.74) is 6.38. The standard InChI is InChI=1S/C28H29N5O4S/c34-38(35)14-3-8-32(11-15-38)18-19-16-23-24-25(37-28(23)29-17-19)27(33-9-12-36-13-10-33)31-26(30-24)22-7-2-5-20-4-1-6-21(20)22/h1-2,5-7,16-17H,3-4,8-15,18H2. The number of aromatic nitrogens is 3. The highest BCUT2D eigenvalue weighted by Gasteiger charge is 2.25. The fourth-order valence-corrected chi connectivity index (χ4v) is 6.96. The van der Waals surface area contributed by atoms with E-state index in [2.05, 4.69) is 51.2 Å². The van der Waals surface area contributed by atoms with E-state index in [-0.39, 0.29) is 11.5 Å². The van der Waals surface area contributed by atoms with Gasteiger partial charge in [-0.1, -0.05) is 30.4 Å². The molecule has 0 atom stereocenters. The number of morpholine rings is 1. The average molecular weight is 532 g/mol. The summed E-state index contributed by atoms with van der Waals surface area (Å²) in [6.45, 7) is 4.65. The quantitative estimate of drug-likeness (QED) is 0.392. The predicted molar refractivity (Wildman–Crippen MR) is 147 cm³/mol. The molecule has 2 aliphatic heterocycles. The van der Waals surface area contributed by atoms with Gasteiger partial charge in [0.2, 0.25) is 5.71 Å². The molecule has 9 nitrogen and oxygen atoms in total. The van der Waals surface area contributed by atoms with Crippen molar-refractivity contribution in [2.24, 2.45) is 0 Å². The lowest BCUT2D eigenvalue weighted by Crippen LogP contribution is -2.37. The first kappa shape index (κ1) is 23.8. The van der Waals surface area contributed by atoms with Crippen LogP contribution in [0.4, 0.5) is 5.82 Å². The molecular formula is C28H29N5O4S. The van der Waals surface area contributed by atoms with Crippen molar-refractivity contribution in [1.29, 1.82) is 0 Å². The third-order valence-electron chi connectivity index (χ3n) is 7.63. The number of hydrogen-bond acceptors (Lipinski definition) is 9. The van der Waals surface area contributed by atoms with Crippen LogP contribution >= 0.6 is 0 Å². The van der Waals surface area contributed by atoms with Gasteiger partial charge in [-0.3, -0.25) is 4.90 Å². The van der Waals surface area contributed by atoms with Gasteiger partial charge < -0.3 is 14.1 Å². The molecule has 0 bridgehead atoms. The maximum Gasteiger partial charge on any atom is 0.229 e. The summed E-state index contributed by atoms with van der Waals surface area (Å²) >= 11 is 0. The zero-order valence-electron chi connectivity index (χ0n) is 21.1. The van der Waals surface area contributed by atoms with Gasteiger partial charge in [0.15, 0.2) is 27.1 Å². The van der Waals surface area contributed by atoms with Crippen molar-refractivity contribution < 1.29 is 17.6 Å². The van der Waals surface area contributed by atoms with Crippen LogP contribution in [0.15, 0.2) is 41.0 Å². The molecule has 0 amide bonds. The number of anilines is 1. The van der Waals surface area contributed by atoms with Crippen LogP contribution in [0.25, 0.3) is 39.7 Å². The molecule has 0 saturated carbocycles. The molecule has 7 rings (SSSR count). The zero-order chi connectivity index (χ0) is 25.7. The topological polar surface area (TPSA) is 102 Å². The van der Waals surface area contributed by atoms with Crippen molar-refractivity contribution in [2.45, 2.75) is 19.4 Å². The second-order valence-corrected chi connectivity index (χ2v) is 12.5. The van der Waals surface area contributed by atoms with Crippen LogP contribution in [0.5, 0.6) is 0 Å². The van der Waals surface area contributed by atoms with Crippen molar-refractivity contribution in [1.82, 2.24) is 19.9 Å². The van der Waals surface area contributed by atoms with Gasteiger partial charge in [-0.05, 0) is 42.1 Å². The number of rotatable bonds is 4. The Hall–Kier alpha value is -3.34. The molecule has 38 heavy (non-hydrogen) atoms. The largest absolute Gasteiger partial charge is 0.432 e. The summed E-state index contributed by atoms with van der Waals surface area (Å²) in [7, 11) is -2.96. The van der Waals surface area contributed by atoms with Crippen LogP contribution in [0.2, 0.25) is 0 Å². The van der Waals surface area contributed by atoms with Gasteiger partial charge >= 0.3 is 0 Å². The van der Waals surface area contributed by atoms with Gasteiger partial charge in [-0.15, -0.1) is 0 Å². The molecular weight excluding hydrogens is 502 g/mol.